The van der Waals surface area contributed by atoms with Gasteiger partial charge in [0, 0.05) is 0 Å². The monoisotopic (exact) mass is 247 g/mol. The molecular formula is C12H13N3O3. The standard InChI is InChI=1S/C12H13N3O3/c1-17-10-5-3-4-9(6-10)7-15-8-11(13-14-15)12(16)18-2/h3-6,8H,7H2,1-2H3. The van der Waals surface area contributed by atoms with Gasteiger partial charge < -0.3 is 9.47 Å². The first kappa shape index (κ1) is 12.1. The molecule has 0 saturated carbocycles. The number of hydrogen-bond donors (Lipinski definition) is 0. The van der Waals surface area contributed by atoms with Crippen molar-refractivity contribution in [2.45, 2.75) is 6.54 Å². The summed E-state index contributed by atoms with van der Waals surface area (Å²) in [5, 5.41) is 7.59. The van der Waals surface area contributed by atoms with Gasteiger partial charge in [-0.25, -0.2) is 9.48 Å². The summed E-state index contributed by atoms with van der Waals surface area (Å²) < 4.78 is 11.3. The summed E-state index contributed by atoms with van der Waals surface area (Å²) in [7, 11) is 2.92. The maximum atomic E-state index is 11.2. The molecule has 2 aromatic rings. The van der Waals surface area contributed by atoms with Gasteiger partial charge in [-0.2, -0.15) is 0 Å². The summed E-state index contributed by atoms with van der Waals surface area (Å²) in [4.78, 5) is 11.2. The molecular weight excluding hydrogens is 234 g/mol. The molecule has 0 aliphatic carbocycles. The molecule has 0 atom stereocenters. The van der Waals surface area contributed by atoms with Crippen molar-refractivity contribution in [1.82, 2.24) is 15.0 Å². The Kier molecular flexibility index (Phi) is 3.57. The zero-order valence-electron chi connectivity index (χ0n) is 10.2. The molecule has 2 rings (SSSR count). The van der Waals surface area contributed by atoms with Gasteiger partial charge in [0.05, 0.1) is 27.0 Å². The highest BCUT2D eigenvalue weighted by atomic mass is 16.5. The number of aromatic nitrogens is 3. The molecule has 0 aliphatic heterocycles. The Balaban J connectivity index is 2.13. The zero-order valence-corrected chi connectivity index (χ0v) is 10.2. The van der Waals surface area contributed by atoms with Crippen LogP contribution in [0.4, 0.5) is 0 Å². The van der Waals surface area contributed by atoms with Crippen LogP contribution < -0.4 is 4.74 Å². The summed E-state index contributed by atoms with van der Waals surface area (Å²) in [6, 6.07) is 7.61. The lowest BCUT2D eigenvalue weighted by atomic mass is 10.2. The highest BCUT2D eigenvalue weighted by molar-refractivity contribution is 5.86. The lowest BCUT2D eigenvalue weighted by molar-refractivity contribution is 0.0594. The Morgan fingerprint density at radius 3 is 2.94 bits per heavy atom. The predicted octanol–water partition coefficient (Wildman–Crippen LogP) is 1.12. The van der Waals surface area contributed by atoms with Crippen molar-refractivity contribution in [1.29, 1.82) is 0 Å². The average Bonchev–Trinajstić information content (AvgIpc) is 2.86. The van der Waals surface area contributed by atoms with E-state index >= 15 is 0 Å². The second kappa shape index (κ2) is 5.31. The van der Waals surface area contributed by atoms with E-state index in [0.717, 1.165) is 11.3 Å². The number of ether oxygens (including phenoxy) is 2. The molecule has 0 radical (unpaired) electrons. The molecule has 0 aliphatic rings. The second-order valence-corrected chi connectivity index (χ2v) is 3.64. The molecule has 6 nitrogen and oxygen atoms in total. The molecule has 1 aromatic carbocycles. The van der Waals surface area contributed by atoms with Crippen LogP contribution in [0, 0.1) is 0 Å². The van der Waals surface area contributed by atoms with Crippen molar-refractivity contribution in [3.63, 3.8) is 0 Å². The van der Waals surface area contributed by atoms with E-state index in [-0.39, 0.29) is 5.69 Å². The number of benzene rings is 1. The fraction of sp³-hybridized carbons (Fsp3) is 0.250. The molecule has 0 unspecified atom stereocenters. The van der Waals surface area contributed by atoms with Crippen LogP contribution in [0.5, 0.6) is 5.75 Å². The van der Waals surface area contributed by atoms with Crippen molar-refractivity contribution >= 4 is 5.97 Å². The number of hydrogen-bond acceptors (Lipinski definition) is 5. The van der Waals surface area contributed by atoms with Crippen LogP contribution in [-0.2, 0) is 11.3 Å². The van der Waals surface area contributed by atoms with Gasteiger partial charge in [-0.15, -0.1) is 5.10 Å². The van der Waals surface area contributed by atoms with Gasteiger partial charge in [0.25, 0.3) is 0 Å². The van der Waals surface area contributed by atoms with Crippen LogP contribution in [0.2, 0.25) is 0 Å². The van der Waals surface area contributed by atoms with Gasteiger partial charge >= 0.3 is 5.97 Å². The van der Waals surface area contributed by atoms with E-state index in [9.17, 15) is 4.79 Å². The molecule has 18 heavy (non-hydrogen) atoms. The van der Waals surface area contributed by atoms with Crippen LogP contribution in [0.15, 0.2) is 30.5 Å². The summed E-state index contributed by atoms with van der Waals surface area (Å²) in [6.45, 7) is 0.515. The zero-order chi connectivity index (χ0) is 13.0. The molecule has 6 heteroatoms. The molecule has 0 bridgehead atoms. The maximum Gasteiger partial charge on any atom is 0.360 e. The van der Waals surface area contributed by atoms with Gasteiger partial charge in [-0.3, -0.25) is 0 Å². The first-order valence-corrected chi connectivity index (χ1v) is 5.34. The van der Waals surface area contributed by atoms with Crippen molar-refractivity contribution in [2.75, 3.05) is 14.2 Å². The van der Waals surface area contributed by atoms with Crippen LogP contribution >= 0.6 is 0 Å². The van der Waals surface area contributed by atoms with E-state index in [0.29, 0.717) is 6.54 Å². The van der Waals surface area contributed by atoms with Crippen molar-refractivity contribution in [3.05, 3.63) is 41.7 Å². The second-order valence-electron chi connectivity index (χ2n) is 3.64. The van der Waals surface area contributed by atoms with Gasteiger partial charge in [-0.05, 0) is 17.7 Å². The number of methoxy groups -OCH3 is 2. The quantitative estimate of drug-likeness (QED) is 0.757. The SMILES string of the molecule is COC(=O)c1cn(Cc2cccc(OC)c2)nn1. The third kappa shape index (κ3) is 2.65. The Labute approximate surface area is 104 Å². The molecule has 1 aromatic heterocycles. The Hall–Kier alpha value is -2.37. The van der Waals surface area contributed by atoms with Crippen LogP contribution in [0.1, 0.15) is 16.1 Å². The lowest BCUT2D eigenvalue weighted by Crippen LogP contribution is -2.02. The number of esters is 1. The predicted molar refractivity (Wildman–Crippen MR) is 63.5 cm³/mol. The van der Waals surface area contributed by atoms with Crippen molar-refractivity contribution in [2.24, 2.45) is 0 Å². The average molecular weight is 247 g/mol. The summed E-state index contributed by atoms with van der Waals surface area (Å²) in [6.07, 6.45) is 1.55. The van der Waals surface area contributed by atoms with E-state index in [1.165, 1.54) is 7.11 Å². The minimum atomic E-state index is -0.494. The number of rotatable bonds is 4. The lowest BCUT2D eigenvalue weighted by Gasteiger charge is -2.03. The van der Waals surface area contributed by atoms with E-state index in [1.54, 1.807) is 18.0 Å². The summed E-state index contributed by atoms with van der Waals surface area (Å²) in [5.41, 5.74) is 1.20. The number of nitrogens with zero attached hydrogens (tertiary/aromatic N) is 3. The highest BCUT2D eigenvalue weighted by Crippen LogP contribution is 2.13. The van der Waals surface area contributed by atoms with Crippen LogP contribution in [0.25, 0.3) is 0 Å². The third-order valence-electron chi connectivity index (χ3n) is 2.41. The largest absolute Gasteiger partial charge is 0.497 e. The normalized spacial score (nSPS) is 10.1. The van der Waals surface area contributed by atoms with Gasteiger partial charge in [0.2, 0.25) is 0 Å². The maximum absolute atomic E-state index is 11.2. The molecule has 1 heterocycles. The minimum Gasteiger partial charge on any atom is -0.497 e. The molecule has 0 spiro atoms. The molecule has 94 valence electrons. The molecule has 0 amide bonds. The fourth-order valence-corrected chi connectivity index (χ4v) is 1.53. The number of carbonyl (C=O) groups excluding carboxylic acids is 1. The van der Waals surface area contributed by atoms with Crippen molar-refractivity contribution < 1.29 is 14.3 Å². The van der Waals surface area contributed by atoms with E-state index in [4.69, 9.17) is 4.74 Å². The minimum absolute atomic E-state index is 0.195. The third-order valence-corrected chi connectivity index (χ3v) is 2.41. The Morgan fingerprint density at radius 1 is 1.39 bits per heavy atom. The van der Waals surface area contributed by atoms with Gasteiger partial charge in [-0.1, -0.05) is 17.3 Å². The van der Waals surface area contributed by atoms with E-state index in [1.807, 2.05) is 24.3 Å². The summed E-state index contributed by atoms with van der Waals surface area (Å²) >= 11 is 0. The molecule has 0 N–H and O–H groups in total. The first-order chi connectivity index (χ1) is 8.72. The fourth-order valence-electron chi connectivity index (χ4n) is 1.53. The topological polar surface area (TPSA) is 66.2 Å². The number of carbonyl (C=O) groups is 1. The van der Waals surface area contributed by atoms with Gasteiger partial charge in [0.15, 0.2) is 5.69 Å². The smallest absolute Gasteiger partial charge is 0.360 e. The summed E-state index contributed by atoms with van der Waals surface area (Å²) in [5.74, 6) is 0.285. The van der Waals surface area contributed by atoms with E-state index < -0.39 is 5.97 Å². The van der Waals surface area contributed by atoms with Crippen LogP contribution in [0.3, 0.4) is 0 Å². The highest BCUT2D eigenvalue weighted by Gasteiger charge is 2.10. The molecule has 0 fully saturated rings. The van der Waals surface area contributed by atoms with E-state index in [2.05, 4.69) is 15.0 Å². The molecule has 0 saturated heterocycles. The van der Waals surface area contributed by atoms with Gasteiger partial charge in [0.1, 0.15) is 5.75 Å². The first-order valence-electron chi connectivity index (χ1n) is 5.34. The van der Waals surface area contributed by atoms with Crippen molar-refractivity contribution in [3.8, 4) is 5.75 Å². The Morgan fingerprint density at radius 2 is 2.22 bits per heavy atom. The Bertz CT molecular complexity index is 551. The van der Waals surface area contributed by atoms with Crippen LogP contribution in [-0.4, -0.2) is 35.2 Å².